The molecule has 1 aromatic rings. The van der Waals surface area contributed by atoms with E-state index in [0.29, 0.717) is 30.8 Å². The van der Waals surface area contributed by atoms with Crippen LogP contribution < -0.4 is 0 Å². The van der Waals surface area contributed by atoms with E-state index >= 15 is 0 Å². The second-order valence-electron chi connectivity index (χ2n) is 9.66. The van der Waals surface area contributed by atoms with Crippen molar-refractivity contribution < 1.29 is 22.8 Å². The lowest BCUT2D eigenvalue weighted by Crippen LogP contribution is -2.51. The van der Waals surface area contributed by atoms with Gasteiger partial charge in [0.05, 0.1) is 16.7 Å². The van der Waals surface area contributed by atoms with Crippen LogP contribution in [0.1, 0.15) is 43.2 Å². The third kappa shape index (κ3) is 4.20. The standard InChI is InChI=1S/C25H31N3O5S/c29-23(11-12-28-24(30)21-7-3-4-8-22(21)25(28)31)26-13-15-27(16-14-26)34(32,33)20-10-9-18-5-1-2-6-19(18)17-20/h3-4,9-10,17,21-22H,1-2,5-8,11-16H2/t21-,22-/m1/s1. The Morgan fingerprint density at radius 1 is 0.882 bits per heavy atom. The summed E-state index contributed by atoms with van der Waals surface area (Å²) in [6.07, 6.45) is 9.28. The van der Waals surface area contributed by atoms with Crippen LogP contribution in [-0.2, 0) is 37.2 Å². The molecule has 2 saturated heterocycles. The first-order valence-electron chi connectivity index (χ1n) is 12.3. The number of nitrogens with zero attached hydrogens (tertiary/aromatic N) is 3. The van der Waals surface area contributed by atoms with Gasteiger partial charge in [-0.05, 0) is 61.8 Å². The maximum Gasteiger partial charge on any atom is 0.243 e. The smallest absolute Gasteiger partial charge is 0.243 e. The number of hydrogen-bond donors (Lipinski definition) is 0. The number of rotatable bonds is 5. The molecule has 182 valence electrons. The number of fused-ring (bicyclic) bond motifs is 2. The number of hydrogen-bond acceptors (Lipinski definition) is 5. The van der Waals surface area contributed by atoms with Crippen molar-refractivity contribution >= 4 is 27.7 Å². The zero-order valence-electron chi connectivity index (χ0n) is 19.3. The van der Waals surface area contributed by atoms with Gasteiger partial charge < -0.3 is 4.90 Å². The maximum absolute atomic E-state index is 13.2. The zero-order valence-corrected chi connectivity index (χ0v) is 20.1. The van der Waals surface area contributed by atoms with Gasteiger partial charge in [0, 0.05) is 39.1 Å². The Morgan fingerprint density at radius 2 is 1.50 bits per heavy atom. The Balaban J connectivity index is 1.16. The summed E-state index contributed by atoms with van der Waals surface area (Å²) in [6.45, 7) is 1.18. The van der Waals surface area contributed by atoms with E-state index < -0.39 is 10.0 Å². The molecule has 2 fully saturated rings. The molecule has 0 aromatic heterocycles. The fraction of sp³-hybridized carbons (Fsp3) is 0.560. The largest absolute Gasteiger partial charge is 0.340 e. The number of aryl methyl sites for hydroxylation is 2. The van der Waals surface area contributed by atoms with E-state index in [1.54, 1.807) is 11.0 Å². The summed E-state index contributed by atoms with van der Waals surface area (Å²) >= 11 is 0. The van der Waals surface area contributed by atoms with Gasteiger partial charge in [-0.1, -0.05) is 18.2 Å². The van der Waals surface area contributed by atoms with Gasteiger partial charge in [0.1, 0.15) is 0 Å². The van der Waals surface area contributed by atoms with E-state index in [-0.39, 0.29) is 55.6 Å². The minimum absolute atomic E-state index is 0.0713. The minimum atomic E-state index is -3.60. The lowest BCUT2D eigenvalue weighted by Gasteiger charge is -2.34. The predicted molar refractivity (Wildman–Crippen MR) is 125 cm³/mol. The van der Waals surface area contributed by atoms with Crippen LogP contribution in [0.25, 0.3) is 0 Å². The van der Waals surface area contributed by atoms with Crippen LogP contribution in [-0.4, -0.2) is 73.0 Å². The van der Waals surface area contributed by atoms with E-state index in [4.69, 9.17) is 0 Å². The van der Waals surface area contributed by atoms with E-state index in [9.17, 15) is 22.8 Å². The first-order valence-corrected chi connectivity index (χ1v) is 13.7. The van der Waals surface area contributed by atoms with E-state index in [1.165, 1.54) is 14.8 Å². The number of allylic oxidation sites excluding steroid dienone is 2. The molecule has 0 unspecified atom stereocenters. The number of imide groups is 1. The molecule has 0 saturated carbocycles. The Morgan fingerprint density at radius 3 is 2.15 bits per heavy atom. The van der Waals surface area contributed by atoms with Gasteiger partial charge >= 0.3 is 0 Å². The normalized spacial score (nSPS) is 25.4. The van der Waals surface area contributed by atoms with Crippen molar-refractivity contribution in [3.63, 3.8) is 0 Å². The lowest BCUT2D eigenvalue weighted by atomic mass is 9.85. The molecule has 5 rings (SSSR count). The predicted octanol–water partition coefficient (Wildman–Crippen LogP) is 1.74. The highest BCUT2D eigenvalue weighted by molar-refractivity contribution is 7.89. The number of piperazine rings is 1. The van der Waals surface area contributed by atoms with E-state index in [2.05, 4.69) is 0 Å². The highest BCUT2D eigenvalue weighted by atomic mass is 32.2. The SMILES string of the molecule is O=C(CCN1C(=O)[C@@H]2CC=CC[C@H]2C1=O)N1CCN(S(=O)(=O)c2ccc3c(c2)CCCC3)CC1. The van der Waals surface area contributed by atoms with E-state index in [0.717, 1.165) is 31.2 Å². The number of amides is 3. The highest BCUT2D eigenvalue weighted by Gasteiger charge is 2.47. The van der Waals surface area contributed by atoms with Crippen LogP contribution >= 0.6 is 0 Å². The molecule has 4 aliphatic rings. The van der Waals surface area contributed by atoms with Crippen molar-refractivity contribution in [2.75, 3.05) is 32.7 Å². The zero-order chi connectivity index (χ0) is 23.9. The first-order chi connectivity index (χ1) is 16.4. The Bertz CT molecular complexity index is 1110. The van der Waals surface area contributed by atoms with Gasteiger partial charge in [0.25, 0.3) is 0 Å². The van der Waals surface area contributed by atoms with Gasteiger partial charge in [-0.2, -0.15) is 4.31 Å². The summed E-state index contributed by atoms with van der Waals surface area (Å²) < 4.78 is 27.8. The Hall–Kier alpha value is -2.52. The topological polar surface area (TPSA) is 95.1 Å². The molecular weight excluding hydrogens is 454 g/mol. The number of benzene rings is 1. The molecule has 34 heavy (non-hydrogen) atoms. The Labute approximate surface area is 200 Å². The molecule has 0 spiro atoms. The quantitative estimate of drug-likeness (QED) is 0.468. The van der Waals surface area contributed by atoms with Gasteiger partial charge in [0.2, 0.25) is 27.7 Å². The summed E-state index contributed by atoms with van der Waals surface area (Å²) in [5, 5.41) is 0. The molecule has 2 aliphatic heterocycles. The second-order valence-corrected chi connectivity index (χ2v) is 11.6. The third-order valence-corrected chi connectivity index (χ3v) is 9.59. The van der Waals surface area contributed by atoms with Gasteiger partial charge in [-0.15, -0.1) is 0 Å². The molecule has 8 nitrogen and oxygen atoms in total. The third-order valence-electron chi connectivity index (χ3n) is 7.70. The van der Waals surface area contributed by atoms with Gasteiger partial charge in [0.15, 0.2) is 0 Å². The molecule has 0 bridgehead atoms. The fourth-order valence-corrected chi connectivity index (χ4v) is 7.13. The van der Waals surface area contributed by atoms with Gasteiger partial charge in [-0.25, -0.2) is 8.42 Å². The Kier molecular flexibility index (Phi) is 6.33. The minimum Gasteiger partial charge on any atom is -0.340 e. The number of sulfonamides is 1. The fourth-order valence-electron chi connectivity index (χ4n) is 5.65. The summed E-state index contributed by atoms with van der Waals surface area (Å²) in [5.41, 5.74) is 2.37. The number of carbonyl (C=O) groups is 3. The van der Waals surface area contributed by atoms with Crippen LogP contribution in [0.2, 0.25) is 0 Å². The van der Waals surface area contributed by atoms with Crippen molar-refractivity contribution in [2.45, 2.75) is 49.8 Å². The summed E-state index contributed by atoms with van der Waals surface area (Å²) in [7, 11) is -3.60. The molecule has 3 amide bonds. The van der Waals surface area contributed by atoms with Crippen LogP contribution in [0.15, 0.2) is 35.2 Å². The van der Waals surface area contributed by atoms with Crippen molar-refractivity contribution in [1.82, 2.24) is 14.1 Å². The van der Waals surface area contributed by atoms with Crippen LogP contribution in [0.4, 0.5) is 0 Å². The number of likely N-dealkylation sites (tertiary alicyclic amines) is 1. The highest BCUT2D eigenvalue weighted by Crippen LogP contribution is 2.35. The summed E-state index contributed by atoms with van der Waals surface area (Å²) in [5.74, 6) is -1.07. The lowest BCUT2D eigenvalue weighted by molar-refractivity contribution is -0.141. The van der Waals surface area contributed by atoms with Crippen molar-refractivity contribution in [3.8, 4) is 0 Å². The summed E-state index contributed by atoms with van der Waals surface area (Å²) in [6, 6.07) is 5.46. The molecule has 2 aliphatic carbocycles. The molecule has 0 radical (unpaired) electrons. The molecule has 9 heteroatoms. The van der Waals surface area contributed by atoms with Crippen molar-refractivity contribution in [1.29, 1.82) is 0 Å². The average Bonchev–Trinajstić information content (AvgIpc) is 3.11. The monoisotopic (exact) mass is 485 g/mol. The molecule has 2 atom stereocenters. The maximum atomic E-state index is 13.2. The number of carbonyl (C=O) groups excluding carboxylic acids is 3. The van der Waals surface area contributed by atoms with Crippen LogP contribution in [0, 0.1) is 11.8 Å². The van der Waals surface area contributed by atoms with Crippen LogP contribution in [0.5, 0.6) is 0 Å². The molecule has 0 N–H and O–H groups in total. The van der Waals surface area contributed by atoms with Crippen LogP contribution in [0.3, 0.4) is 0 Å². The molecule has 1 aromatic carbocycles. The van der Waals surface area contributed by atoms with Crippen molar-refractivity contribution in [3.05, 3.63) is 41.5 Å². The second kappa shape index (κ2) is 9.26. The van der Waals surface area contributed by atoms with Gasteiger partial charge in [-0.3, -0.25) is 19.3 Å². The summed E-state index contributed by atoms with van der Waals surface area (Å²) in [4.78, 5) is 41.2. The first kappa shape index (κ1) is 23.2. The van der Waals surface area contributed by atoms with Crippen molar-refractivity contribution in [2.24, 2.45) is 11.8 Å². The molecular formula is C25H31N3O5S. The average molecular weight is 486 g/mol. The van der Waals surface area contributed by atoms with E-state index in [1.807, 2.05) is 24.3 Å². The molecule has 2 heterocycles.